The van der Waals surface area contributed by atoms with E-state index in [1.54, 1.807) is 12.1 Å². The lowest BCUT2D eigenvalue weighted by atomic mass is 10.0. The van der Waals surface area contributed by atoms with Gasteiger partial charge in [0.05, 0.1) is 55.5 Å². The fourth-order valence-electron chi connectivity index (χ4n) is 9.79. The van der Waals surface area contributed by atoms with Crippen LogP contribution in [0.1, 0.15) is 33.1 Å². The van der Waals surface area contributed by atoms with Crippen molar-refractivity contribution < 1.29 is 49.2 Å². The van der Waals surface area contributed by atoms with E-state index >= 15 is 0 Å². The van der Waals surface area contributed by atoms with Crippen molar-refractivity contribution in [2.24, 2.45) is 0 Å². The number of nitrogens with one attached hydrogen (secondary N) is 4. The first-order chi connectivity index (χ1) is 38.8. The van der Waals surface area contributed by atoms with Crippen molar-refractivity contribution in [1.82, 2.24) is 45.3 Å². The minimum Gasteiger partial charge on any atom is -0.480 e. The maximum atomic E-state index is 13.6. The summed E-state index contributed by atoms with van der Waals surface area (Å²) in [4.78, 5) is 94.5. The summed E-state index contributed by atoms with van der Waals surface area (Å²) >= 11 is 0. The van der Waals surface area contributed by atoms with Crippen LogP contribution in [-0.2, 0) is 24.0 Å². The fraction of sp³-hybridized carbons (Fsp3) is 0.180. The summed E-state index contributed by atoms with van der Waals surface area (Å²) < 4.78 is 0. The summed E-state index contributed by atoms with van der Waals surface area (Å²) in [5.74, 6) is -5.89. The lowest BCUT2D eigenvalue weighted by Gasteiger charge is -2.27. The van der Waals surface area contributed by atoms with E-state index in [0.717, 1.165) is 88.6 Å². The Bertz CT molecular complexity index is 3620. The monoisotopic (exact) mass is 1080 g/mol. The van der Waals surface area contributed by atoms with Crippen molar-refractivity contribution >= 4 is 82.1 Å². The number of hydrogen-bond acceptors (Lipinski definition) is 11. The summed E-state index contributed by atoms with van der Waals surface area (Å²) in [6.07, 6.45) is 8.13. The zero-order chi connectivity index (χ0) is 56.1. The zero-order valence-corrected chi connectivity index (χ0v) is 43.3. The third-order valence-electron chi connectivity index (χ3n) is 13.4. The van der Waals surface area contributed by atoms with E-state index in [-0.39, 0.29) is 45.8 Å². The van der Waals surface area contributed by atoms with E-state index in [9.17, 15) is 49.2 Å². The minimum atomic E-state index is -1.26. The number of hydrogen-bond donors (Lipinski definition) is 8. The summed E-state index contributed by atoms with van der Waals surface area (Å²) in [6, 6.07) is 45.9. The zero-order valence-electron chi connectivity index (χ0n) is 43.3. The topological polar surface area (TPSA) is 274 Å². The van der Waals surface area contributed by atoms with Crippen LogP contribution in [-0.4, -0.2) is 163 Å². The molecule has 19 nitrogen and oxygen atoms in total. The van der Waals surface area contributed by atoms with Crippen molar-refractivity contribution in [1.29, 1.82) is 0 Å². The highest BCUT2D eigenvalue weighted by atomic mass is 16.4. The van der Waals surface area contributed by atoms with Gasteiger partial charge in [0.2, 0.25) is 5.91 Å². The molecule has 406 valence electrons. The Morgan fingerprint density at radius 3 is 1.05 bits per heavy atom. The summed E-state index contributed by atoms with van der Waals surface area (Å²) in [5.41, 5.74) is 14.0. The number of carbonyl (C=O) groups is 6. The van der Waals surface area contributed by atoms with Gasteiger partial charge in [0.25, 0.3) is 5.91 Å². The van der Waals surface area contributed by atoms with Crippen LogP contribution in [0.4, 0.5) is 0 Å². The molecule has 0 spiro atoms. The van der Waals surface area contributed by atoms with Crippen molar-refractivity contribution in [2.45, 2.75) is 0 Å². The molecule has 0 atom stereocenters. The predicted molar refractivity (Wildman–Crippen MR) is 306 cm³/mol. The number of nitrogens with zero attached hydrogens (tertiary/aromatic N) is 5. The van der Waals surface area contributed by atoms with Gasteiger partial charge in [0.15, 0.2) is 0 Å². The Labute approximate surface area is 459 Å². The van der Waals surface area contributed by atoms with Crippen LogP contribution in [0.25, 0.3) is 90.9 Å². The SMILES string of the molecule is O=C(O)CN(CCN(CC(=O)O)CC(=O)O)CCN(CC(=O)O)CC(=O)NCCNC(=O)c1ccc(-c2c3nc(c(-c4ccccc4)c4ccc([nH]4)c(-c4ccccc4)c4nc(c(-c5ccccc5)c5ccc2[nH]5)C=C4)C=C3)cc1. The van der Waals surface area contributed by atoms with Crippen molar-refractivity contribution in [3.8, 4) is 44.5 Å². The highest BCUT2D eigenvalue weighted by Crippen LogP contribution is 2.38. The molecule has 0 saturated carbocycles. The molecule has 3 aromatic heterocycles. The van der Waals surface area contributed by atoms with Crippen LogP contribution >= 0.6 is 0 Å². The molecule has 2 aliphatic heterocycles. The molecule has 0 fully saturated rings. The van der Waals surface area contributed by atoms with E-state index in [1.165, 1.54) is 9.80 Å². The number of aromatic amines is 2. The van der Waals surface area contributed by atoms with Crippen molar-refractivity contribution in [3.63, 3.8) is 0 Å². The molecule has 7 aromatic rings. The first kappa shape index (κ1) is 55.0. The van der Waals surface area contributed by atoms with Crippen LogP contribution in [0.5, 0.6) is 0 Å². The first-order valence-electron chi connectivity index (χ1n) is 25.8. The van der Waals surface area contributed by atoms with E-state index in [4.69, 9.17) is 9.97 Å². The highest BCUT2D eigenvalue weighted by molar-refractivity contribution is 6.01. The Hall–Kier alpha value is -9.82. The predicted octanol–water partition coefficient (Wildman–Crippen LogP) is 7.41. The maximum Gasteiger partial charge on any atom is 0.317 e. The second-order valence-electron chi connectivity index (χ2n) is 19.1. The van der Waals surface area contributed by atoms with E-state index in [0.29, 0.717) is 11.3 Å². The van der Waals surface area contributed by atoms with E-state index < -0.39 is 61.9 Å². The molecule has 4 aromatic carbocycles. The standard InChI is InChI=1S/C61H57N9O10/c71-52(34-69(36-54(74)75)32-30-68(35-53(72)73)31-33-70(37-55(76)77)38-56(78)79)62-28-29-63-61(80)43-18-16-42(17-19-43)60-50-26-24-48(66-50)58(40-12-6-2-7-13-40)46-22-20-44(64-46)57(39-10-4-1-5-11-39)45-21-23-47(65-45)59(41-14-8-3-9-15-41)49-25-27-51(60)67-49/h1-27,64,67H,28-38H2,(H,62,71)(H,63,80)(H,72,73)(H,74,75)(H,76,77)(H,78,79). The van der Waals surface area contributed by atoms with Gasteiger partial charge < -0.3 is 41.0 Å². The van der Waals surface area contributed by atoms with Gasteiger partial charge >= 0.3 is 23.9 Å². The largest absolute Gasteiger partial charge is 0.480 e. The molecule has 9 rings (SSSR count). The third kappa shape index (κ3) is 13.8. The number of carboxylic acids is 4. The maximum absolute atomic E-state index is 13.6. The number of rotatable bonds is 24. The van der Waals surface area contributed by atoms with Crippen LogP contribution in [0.2, 0.25) is 0 Å². The molecule has 2 amide bonds. The molecule has 8 N–H and O–H groups in total. The molecular weight excluding hydrogens is 1020 g/mol. The molecule has 19 heteroatoms. The molecule has 0 unspecified atom stereocenters. The quantitative estimate of drug-likeness (QED) is 0.0274. The van der Waals surface area contributed by atoms with Crippen LogP contribution in [0, 0.1) is 0 Å². The third-order valence-corrected chi connectivity index (χ3v) is 13.4. The fourth-order valence-corrected chi connectivity index (χ4v) is 9.79. The van der Waals surface area contributed by atoms with Crippen LogP contribution in [0.3, 0.4) is 0 Å². The number of benzene rings is 4. The van der Waals surface area contributed by atoms with E-state index in [2.05, 4.69) is 81.3 Å². The molecular formula is C61H57N9O10. The van der Waals surface area contributed by atoms with Crippen LogP contribution in [0.15, 0.2) is 140 Å². The summed E-state index contributed by atoms with van der Waals surface area (Å²) in [7, 11) is 0. The smallest absolute Gasteiger partial charge is 0.317 e. The molecule has 0 radical (unpaired) electrons. The second-order valence-corrected chi connectivity index (χ2v) is 19.1. The minimum absolute atomic E-state index is 0.0115. The Morgan fingerprint density at radius 1 is 0.375 bits per heavy atom. The number of H-pyrrole nitrogens is 2. The van der Waals surface area contributed by atoms with Gasteiger partial charge in [-0.2, -0.15) is 0 Å². The average molecular weight is 1080 g/mol. The Kier molecular flexibility index (Phi) is 17.6. The molecule has 80 heavy (non-hydrogen) atoms. The van der Waals surface area contributed by atoms with Gasteiger partial charge in [-0.3, -0.25) is 43.5 Å². The number of amides is 2. The molecule has 2 aliphatic rings. The van der Waals surface area contributed by atoms with Gasteiger partial charge in [0, 0.05) is 89.2 Å². The first-order valence-corrected chi connectivity index (χ1v) is 25.8. The molecule has 0 saturated heterocycles. The van der Waals surface area contributed by atoms with Crippen molar-refractivity contribution in [2.75, 3.05) is 72.0 Å². The molecule has 0 aliphatic carbocycles. The molecule has 8 bridgehead atoms. The van der Waals surface area contributed by atoms with Crippen molar-refractivity contribution in [3.05, 3.63) is 168 Å². The number of aliphatic carboxylic acids is 4. The van der Waals surface area contributed by atoms with Gasteiger partial charge in [-0.05, 0) is 83.0 Å². The highest BCUT2D eigenvalue weighted by Gasteiger charge is 2.22. The van der Waals surface area contributed by atoms with Gasteiger partial charge in [0.1, 0.15) is 0 Å². The second kappa shape index (κ2) is 25.6. The number of aromatic nitrogens is 4. The van der Waals surface area contributed by atoms with Gasteiger partial charge in [-0.25, -0.2) is 9.97 Å². The summed E-state index contributed by atoms with van der Waals surface area (Å²) in [5, 5.41) is 42.9. The lowest BCUT2D eigenvalue weighted by Crippen LogP contribution is -2.47. The normalized spacial score (nSPS) is 11.8. The number of fused-ring (bicyclic) bond motifs is 8. The lowest BCUT2D eigenvalue weighted by molar-refractivity contribution is -0.143. The van der Waals surface area contributed by atoms with E-state index in [1.807, 2.05) is 91.0 Å². The Balaban J connectivity index is 0.969. The summed E-state index contributed by atoms with van der Waals surface area (Å²) in [6.45, 7) is -2.71. The average Bonchev–Trinajstić information content (AvgIpc) is 4.39. The van der Waals surface area contributed by atoms with Gasteiger partial charge in [-0.1, -0.05) is 103 Å². The van der Waals surface area contributed by atoms with Gasteiger partial charge in [-0.15, -0.1) is 0 Å². The molecule has 5 heterocycles. The number of carboxylic acid groups (broad SMARTS) is 4. The number of carbonyl (C=O) groups excluding carboxylic acids is 2. The van der Waals surface area contributed by atoms with Crippen LogP contribution < -0.4 is 10.6 Å². The Morgan fingerprint density at radius 2 is 0.688 bits per heavy atom.